The molecule has 0 saturated carbocycles. The average molecular weight is 173 g/mol. The second kappa shape index (κ2) is 5.55. The molecule has 0 radical (unpaired) electrons. The molecule has 0 aromatic rings. The zero-order chi connectivity index (χ0) is 9.72. The Morgan fingerprint density at radius 1 is 1.08 bits per heavy atom. The Morgan fingerprint density at radius 3 is 1.92 bits per heavy atom. The van der Waals surface area contributed by atoms with Crippen LogP contribution in [0.1, 0.15) is 27.7 Å². The average Bonchev–Trinajstić information content (AvgIpc) is 1.84. The molecule has 1 N–H and O–H groups in total. The summed E-state index contributed by atoms with van der Waals surface area (Å²) in [6, 6.07) is 0. The van der Waals surface area contributed by atoms with Crippen LogP contribution in [-0.2, 0) is 0 Å². The number of aliphatic hydroxyl groups is 1. The molecule has 1 atom stereocenters. The Hall–Kier alpha value is -0.0800. The van der Waals surface area contributed by atoms with Crippen molar-refractivity contribution in [2.75, 3.05) is 20.1 Å². The first-order valence-electron chi connectivity index (χ1n) is 4.80. The summed E-state index contributed by atoms with van der Waals surface area (Å²) in [5.41, 5.74) is 0. The number of nitrogens with zero attached hydrogens (tertiary/aromatic N) is 1. The summed E-state index contributed by atoms with van der Waals surface area (Å²) in [6.07, 6.45) is -0.186. The Balaban J connectivity index is 3.61. The summed E-state index contributed by atoms with van der Waals surface area (Å²) in [5.74, 6) is 1.04. The summed E-state index contributed by atoms with van der Waals surface area (Å²) in [7, 11) is 2.06. The third-order valence-corrected chi connectivity index (χ3v) is 1.95. The Kier molecular flexibility index (Phi) is 5.51. The first-order chi connectivity index (χ1) is 5.43. The van der Waals surface area contributed by atoms with Gasteiger partial charge in [0.15, 0.2) is 0 Å². The molecule has 0 spiro atoms. The van der Waals surface area contributed by atoms with Crippen LogP contribution >= 0.6 is 0 Å². The number of hydrogen-bond donors (Lipinski definition) is 1. The summed E-state index contributed by atoms with van der Waals surface area (Å²) in [6.45, 7) is 10.3. The third kappa shape index (κ3) is 5.56. The Bertz CT molecular complexity index is 112. The predicted octanol–water partition coefficient (Wildman–Crippen LogP) is 1.59. The van der Waals surface area contributed by atoms with Crippen LogP contribution in [-0.4, -0.2) is 36.2 Å². The fourth-order valence-electron chi connectivity index (χ4n) is 1.23. The summed E-state index contributed by atoms with van der Waals surface area (Å²) < 4.78 is 0. The molecule has 2 nitrogen and oxygen atoms in total. The standard InChI is InChI=1S/C10H23NO/c1-8(2)6-11(5)7-10(12)9(3)4/h8-10,12H,6-7H2,1-5H3. The second-order valence-corrected chi connectivity index (χ2v) is 4.43. The molecule has 1 unspecified atom stereocenters. The van der Waals surface area contributed by atoms with Gasteiger partial charge in [-0.25, -0.2) is 0 Å². The van der Waals surface area contributed by atoms with E-state index < -0.39 is 0 Å². The van der Waals surface area contributed by atoms with Crippen molar-refractivity contribution >= 4 is 0 Å². The lowest BCUT2D eigenvalue weighted by Crippen LogP contribution is -2.34. The van der Waals surface area contributed by atoms with Crippen LogP contribution in [0, 0.1) is 11.8 Å². The topological polar surface area (TPSA) is 23.5 Å². The number of hydrogen-bond acceptors (Lipinski definition) is 2. The van der Waals surface area contributed by atoms with E-state index in [9.17, 15) is 5.11 Å². The molecule has 0 amide bonds. The molecule has 0 fully saturated rings. The molecule has 12 heavy (non-hydrogen) atoms. The van der Waals surface area contributed by atoms with Gasteiger partial charge in [0.2, 0.25) is 0 Å². The van der Waals surface area contributed by atoms with E-state index in [-0.39, 0.29) is 6.10 Å². The van der Waals surface area contributed by atoms with E-state index in [1.54, 1.807) is 0 Å². The molecule has 0 rings (SSSR count). The molecule has 0 aliphatic carbocycles. The van der Waals surface area contributed by atoms with Gasteiger partial charge in [-0.05, 0) is 18.9 Å². The minimum atomic E-state index is -0.186. The van der Waals surface area contributed by atoms with E-state index in [1.807, 2.05) is 13.8 Å². The van der Waals surface area contributed by atoms with E-state index in [1.165, 1.54) is 0 Å². The van der Waals surface area contributed by atoms with Crippen LogP contribution in [0.3, 0.4) is 0 Å². The van der Waals surface area contributed by atoms with Gasteiger partial charge in [0.1, 0.15) is 0 Å². The highest BCUT2D eigenvalue weighted by atomic mass is 16.3. The second-order valence-electron chi connectivity index (χ2n) is 4.43. The van der Waals surface area contributed by atoms with Gasteiger partial charge in [0.25, 0.3) is 0 Å². The van der Waals surface area contributed by atoms with Gasteiger partial charge < -0.3 is 10.0 Å². The molecular weight excluding hydrogens is 150 g/mol. The normalized spacial score (nSPS) is 14.8. The number of rotatable bonds is 5. The lowest BCUT2D eigenvalue weighted by molar-refractivity contribution is 0.0823. The molecule has 0 aliphatic rings. The molecule has 0 aliphatic heterocycles. The highest BCUT2D eigenvalue weighted by molar-refractivity contribution is 4.65. The lowest BCUT2D eigenvalue weighted by Gasteiger charge is -2.24. The van der Waals surface area contributed by atoms with Crippen molar-refractivity contribution in [2.45, 2.75) is 33.8 Å². The van der Waals surface area contributed by atoms with Gasteiger partial charge in [-0.1, -0.05) is 27.7 Å². The highest BCUT2D eigenvalue weighted by Crippen LogP contribution is 2.04. The predicted molar refractivity (Wildman–Crippen MR) is 53.2 cm³/mol. The van der Waals surface area contributed by atoms with Gasteiger partial charge in [0.05, 0.1) is 6.10 Å². The van der Waals surface area contributed by atoms with Crippen LogP contribution in [0.25, 0.3) is 0 Å². The van der Waals surface area contributed by atoms with Crippen molar-refractivity contribution in [1.82, 2.24) is 4.90 Å². The van der Waals surface area contributed by atoms with Crippen molar-refractivity contribution in [3.05, 3.63) is 0 Å². The fraction of sp³-hybridized carbons (Fsp3) is 1.00. The van der Waals surface area contributed by atoms with E-state index in [2.05, 4.69) is 25.8 Å². The monoisotopic (exact) mass is 173 g/mol. The van der Waals surface area contributed by atoms with Crippen molar-refractivity contribution in [3.8, 4) is 0 Å². The SMILES string of the molecule is CC(C)CN(C)CC(O)C(C)C. The van der Waals surface area contributed by atoms with Crippen LogP contribution < -0.4 is 0 Å². The lowest BCUT2D eigenvalue weighted by atomic mass is 10.1. The molecule has 74 valence electrons. The highest BCUT2D eigenvalue weighted by Gasteiger charge is 2.12. The zero-order valence-corrected chi connectivity index (χ0v) is 9.04. The quantitative estimate of drug-likeness (QED) is 0.682. The van der Waals surface area contributed by atoms with Crippen LogP contribution in [0.4, 0.5) is 0 Å². The summed E-state index contributed by atoms with van der Waals surface area (Å²) in [4.78, 5) is 2.19. The molecule has 2 heteroatoms. The van der Waals surface area contributed by atoms with Crippen molar-refractivity contribution in [1.29, 1.82) is 0 Å². The molecule has 0 bridgehead atoms. The number of aliphatic hydroxyl groups excluding tert-OH is 1. The van der Waals surface area contributed by atoms with E-state index in [0.29, 0.717) is 11.8 Å². The maximum absolute atomic E-state index is 9.57. The van der Waals surface area contributed by atoms with E-state index in [0.717, 1.165) is 13.1 Å². The molecule has 0 aromatic carbocycles. The minimum absolute atomic E-state index is 0.186. The zero-order valence-electron chi connectivity index (χ0n) is 9.04. The van der Waals surface area contributed by atoms with Gasteiger partial charge in [0, 0.05) is 13.1 Å². The first-order valence-corrected chi connectivity index (χ1v) is 4.80. The largest absolute Gasteiger partial charge is 0.392 e. The summed E-state index contributed by atoms with van der Waals surface area (Å²) >= 11 is 0. The van der Waals surface area contributed by atoms with Gasteiger partial charge in [-0.2, -0.15) is 0 Å². The maximum Gasteiger partial charge on any atom is 0.0689 e. The number of likely N-dealkylation sites (N-methyl/N-ethyl adjacent to an activating group) is 1. The minimum Gasteiger partial charge on any atom is -0.392 e. The van der Waals surface area contributed by atoms with E-state index in [4.69, 9.17) is 0 Å². The Morgan fingerprint density at radius 2 is 1.58 bits per heavy atom. The van der Waals surface area contributed by atoms with Crippen molar-refractivity contribution in [3.63, 3.8) is 0 Å². The van der Waals surface area contributed by atoms with Crippen LogP contribution in [0.5, 0.6) is 0 Å². The van der Waals surface area contributed by atoms with Crippen molar-refractivity contribution < 1.29 is 5.11 Å². The summed E-state index contributed by atoms with van der Waals surface area (Å²) in [5, 5.41) is 9.57. The van der Waals surface area contributed by atoms with E-state index >= 15 is 0 Å². The fourth-order valence-corrected chi connectivity index (χ4v) is 1.23. The first kappa shape index (κ1) is 11.9. The maximum atomic E-state index is 9.57. The molecule has 0 aromatic heterocycles. The Labute approximate surface area is 76.6 Å². The molecule has 0 heterocycles. The van der Waals surface area contributed by atoms with Gasteiger partial charge in [-0.3, -0.25) is 0 Å². The third-order valence-electron chi connectivity index (χ3n) is 1.95. The molecular formula is C10H23NO. The smallest absolute Gasteiger partial charge is 0.0689 e. The van der Waals surface area contributed by atoms with Crippen LogP contribution in [0.2, 0.25) is 0 Å². The van der Waals surface area contributed by atoms with Crippen molar-refractivity contribution in [2.24, 2.45) is 11.8 Å². The van der Waals surface area contributed by atoms with Gasteiger partial charge >= 0.3 is 0 Å². The molecule has 0 saturated heterocycles. The van der Waals surface area contributed by atoms with Gasteiger partial charge in [-0.15, -0.1) is 0 Å². The van der Waals surface area contributed by atoms with Crippen LogP contribution in [0.15, 0.2) is 0 Å².